The van der Waals surface area contributed by atoms with Gasteiger partial charge in [-0.1, -0.05) is 32.1 Å². The van der Waals surface area contributed by atoms with Crippen molar-refractivity contribution in [1.29, 1.82) is 0 Å². The number of hydrogen-bond donors (Lipinski definition) is 1. The highest BCUT2D eigenvalue weighted by molar-refractivity contribution is 5.85. The van der Waals surface area contributed by atoms with Crippen molar-refractivity contribution in [3.05, 3.63) is 0 Å². The topological polar surface area (TPSA) is 20.2 Å². The first-order valence-electron chi connectivity index (χ1n) is 4.04. The molecule has 0 radical (unpaired) electrons. The minimum Gasteiger partial charge on any atom is -0.396 e. The summed E-state index contributed by atoms with van der Waals surface area (Å²) >= 11 is 0. The molecule has 0 saturated heterocycles. The monoisotopic (exact) mass is 164 g/mol. The van der Waals surface area contributed by atoms with Crippen LogP contribution in [-0.4, -0.2) is 11.7 Å². The Hall–Kier alpha value is 0.250. The van der Waals surface area contributed by atoms with Crippen molar-refractivity contribution >= 4 is 12.4 Å². The van der Waals surface area contributed by atoms with E-state index < -0.39 is 0 Å². The number of hydrogen-bond acceptors (Lipinski definition) is 1. The van der Waals surface area contributed by atoms with Crippen molar-refractivity contribution in [1.82, 2.24) is 0 Å². The van der Waals surface area contributed by atoms with Gasteiger partial charge in [-0.25, -0.2) is 0 Å². The van der Waals surface area contributed by atoms with Gasteiger partial charge < -0.3 is 5.11 Å². The molecule has 0 spiro atoms. The van der Waals surface area contributed by atoms with Crippen LogP contribution in [0.15, 0.2) is 0 Å². The third-order valence-electron chi connectivity index (χ3n) is 2.26. The fourth-order valence-electron chi connectivity index (χ4n) is 1.66. The van der Waals surface area contributed by atoms with Crippen LogP contribution in [0.5, 0.6) is 0 Å². The maximum Gasteiger partial charge on any atom is 0.0433 e. The second-order valence-corrected chi connectivity index (χ2v) is 3.02. The number of aliphatic hydroxyl groups excluding tert-OH is 1. The SMILES string of the molecule is Cl.OCCC1CCCCC1. The molecule has 1 fully saturated rings. The third-order valence-corrected chi connectivity index (χ3v) is 2.26. The molecule has 62 valence electrons. The summed E-state index contributed by atoms with van der Waals surface area (Å²) in [6.07, 6.45) is 7.97. The van der Waals surface area contributed by atoms with Crippen molar-refractivity contribution in [3.8, 4) is 0 Å². The lowest BCUT2D eigenvalue weighted by atomic mass is 9.87. The molecule has 0 heterocycles. The summed E-state index contributed by atoms with van der Waals surface area (Å²) in [5, 5.41) is 8.62. The van der Waals surface area contributed by atoms with E-state index in [9.17, 15) is 0 Å². The van der Waals surface area contributed by atoms with Crippen molar-refractivity contribution < 1.29 is 5.11 Å². The summed E-state index contributed by atoms with van der Waals surface area (Å²) < 4.78 is 0. The first-order valence-corrected chi connectivity index (χ1v) is 4.04. The molecular formula is C8H17ClO. The van der Waals surface area contributed by atoms with Gasteiger partial charge in [0, 0.05) is 6.61 Å². The zero-order valence-corrected chi connectivity index (χ0v) is 7.20. The summed E-state index contributed by atoms with van der Waals surface area (Å²) in [5.74, 6) is 0.851. The van der Waals surface area contributed by atoms with E-state index in [1.165, 1.54) is 32.1 Å². The smallest absolute Gasteiger partial charge is 0.0433 e. The Labute approximate surface area is 69.2 Å². The predicted octanol–water partition coefficient (Wildman–Crippen LogP) is 2.37. The Balaban J connectivity index is 0.000000810. The van der Waals surface area contributed by atoms with E-state index in [-0.39, 0.29) is 12.4 Å². The van der Waals surface area contributed by atoms with Crippen LogP contribution in [0.1, 0.15) is 38.5 Å². The Kier molecular flexibility index (Phi) is 6.14. The van der Waals surface area contributed by atoms with Gasteiger partial charge in [0.05, 0.1) is 0 Å². The van der Waals surface area contributed by atoms with Crippen LogP contribution in [0.3, 0.4) is 0 Å². The zero-order valence-electron chi connectivity index (χ0n) is 6.38. The zero-order chi connectivity index (χ0) is 6.53. The lowest BCUT2D eigenvalue weighted by Gasteiger charge is -2.19. The van der Waals surface area contributed by atoms with Gasteiger partial charge >= 0.3 is 0 Å². The molecule has 0 aromatic carbocycles. The van der Waals surface area contributed by atoms with Gasteiger partial charge in [-0.2, -0.15) is 0 Å². The minimum absolute atomic E-state index is 0. The maximum atomic E-state index is 8.62. The quantitative estimate of drug-likeness (QED) is 0.665. The molecule has 10 heavy (non-hydrogen) atoms. The first-order chi connectivity index (χ1) is 4.43. The van der Waals surface area contributed by atoms with Crippen molar-refractivity contribution in [3.63, 3.8) is 0 Å². The number of aliphatic hydroxyl groups is 1. The highest BCUT2D eigenvalue weighted by atomic mass is 35.5. The lowest BCUT2D eigenvalue weighted by molar-refractivity contribution is 0.230. The van der Waals surface area contributed by atoms with Gasteiger partial charge in [0.15, 0.2) is 0 Å². The van der Waals surface area contributed by atoms with Gasteiger partial charge in [-0.3, -0.25) is 0 Å². The molecule has 0 aliphatic heterocycles. The van der Waals surface area contributed by atoms with E-state index in [4.69, 9.17) is 5.11 Å². The molecule has 0 unspecified atom stereocenters. The average molecular weight is 165 g/mol. The number of halogens is 1. The van der Waals surface area contributed by atoms with Crippen LogP contribution in [0.25, 0.3) is 0 Å². The standard InChI is InChI=1S/C8H16O.ClH/c9-7-6-8-4-2-1-3-5-8;/h8-9H,1-7H2;1H. The van der Waals surface area contributed by atoms with Crippen LogP contribution < -0.4 is 0 Å². The normalized spacial score (nSPS) is 20.1. The fraction of sp³-hybridized carbons (Fsp3) is 1.00. The molecule has 1 aliphatic rings. The summed E-state index contributed by atoms with van der Waals surface area (Å²) in [6.45, 7) is 0.394. The molecule has 0 aromatic rings. The summed E-state index contributed by atoms with van der Waals surface area (Å²) in [5.41, 5.74) is 0. The van der Waals surface area contributed by atoms with Crippen molar-refractivity contribution in [2.45, 2.75) is 38.5 Å². The van der Waals surface area contributed by atoms with Crippen LogP contribution in [0, 0.1) is 5.92 Å². The highest BCUT2D eigenvalue weighted by Crippen LogP contribution is 2.25. The third kappa shape index (κ3) is 3.43. The Morgan fingerprint density at radius 3 is 2.20 bits per heavy atom. The van der Waals surface area contributed by atoms with Crippen LogP contribution in [0.4, 0.5) is 0 Å². The summed E-state index contributed by atoms with van der Waals surface area (Å²) in [4.78, 5) is 0. The van der Waals surface area contributed by atoms with Crippen LogP contribution in [0.2, 0.25) is 0 Å². The molecule has 1 rings (SSSR count). The predicted molar refractivity (Wildman–Crippen MR) is 45.5 cm³/mol. The molecule has 2 heteroatoms. The first kappa shape index (κ1) is 10.2. The molecule has 0 atom stereocenters. The lowest BCUT2D eigenvalue weighted by Crippen LogP contribution is -2.07. The second kappa shape index (κ2) is 5.99. The van der Waals surface area contributed by atoms with Gasteiger partial charge in [0.25, 0.3) is 0 Å². The van der Waals surface area contributed by atoms with E-state index in [1.807, 2.05) is 0 Å². The van der Waals surface area contributed by atoms with E-state index in [2.05, 4.69) is 0 Å². The summed E-state index contributed by atoms with van der Waals surface area (Å²) in [7, 11) is 0. The Bertz CT molecular complexity index is 66.9. The van der Waals surface area contributed by atoms with E-state index in [0.29, 0.717) is 6.61 Å². The molecular weight excluding hydrogens is 148 g/mol. The minimum atomic E-state index is 0. The van der Waals surface area contributed by atoms with Crippen molar-refractivity contribution in [2.24, 2.45) is 5.92 Å². The maximum absolute atomic E-state index is 8.62. The molecule has 1 N–H and O–H groups in total. The van der Waals surface area contributed by atoms with Gasteiger partial charge in [0.2, 0.25) is 0 Å². The van der Waals surface area contributed by atoms with E-state index in [0.717, 1.165) is 12.3 Å². The average Bonchev–Trinajstić information content (AvgIpc) is 1.91. The van der Waals surface area contributed by atoms with E-state index in [1.54, 1.807) is 0 Å². The fourth-order valence-corrected chi connectivity index (χ4v) is 1.66. The largest absolute Gasteiger partial charge is 0.396 e. The van der Waals surface area contributed by atoms with E-state index >= 15 is 0 Å². The van der Waals surface area contributed by atoms with Gasteiger partial charge in [-0.15, -0.1) is 12.4 Å². The Morgan fingerprint density at radius 2 is 1.70 bits per heavy atom. The molecule has 0 bridgehead atoms. The van der Waals surface area contributed by atoms with Crippen molar-refractivity contribution in [2.75, 3.05) is 6.61 Å². The molecule has 0 aromatic heterocycles. The van der Waals surface area contributed by atoms with Gasteiger partial charge in [0.1, 0.15) is 0 Å². The molecule has 1 saturated carbocycles. The highest BCUT2D eigenvalue weighted by Gasteiger charge is 2.11. The number of rotatable bonds is 2. The van der Waals surface area contributed by atoms with Crippen LogP contribution in [-0.2, 0) is 0 Å². The Morgan fingerprint density at radius 1 is 1.10 bits per heavy atom. The van der Waals surface area contributed by atoms with Gasteiger partial charge in [-0.05, 0) is 12.3 Å². The molecule has 1 nitrogen and oxygen atoms in total. The second-order valence-electron chi connectivity index (χ2n) is 3.02. The molecule has 1 aliphatic carbocycles. The summed E-state index contributed by atoms with van der Waals surface area (Å²) in [6, 6.07) is 0. The van der Waals surface area contributed by atoms with Crippen LogP contribution >= 0.6 is 12.4 Å². The molecule has 0 amide bonds.